The molecular formula is C64H123N3O4. The van der Waals surface area contributed by atoms with Crippen LogP contribution in [0.15, 0.2) is 18.7 Å². The van der Waals surface area contributed by atoms with E-state index < -0.39 is 0 Å². The highest BCUT2D eigenvalue weighted by molar-refractivity contribution is 5.69. The maximum Gasteiger partial charge on any atom is 0.305 e. The third-order valence-electron chi connectivity index (χ3n) is 15.6. The van der Waals surface area contributed by atoms with Crippen LogP contribution in [0.5, 0.6) is 0 Å². The summed E-state index contributed by atoms with van der Waals surface area (Å²) in [5.41, 5.74) is 0. The Morgan fingerprint density at radius 1 is 0.408 bits per heavy atom. The molecule has 1 aromatic rings. The van der Waals surface area contributed by atoms with Gasteiger partial charge in [0.2, 0.25) is 0 Å². The van der Waals surface area contributed by atoms with E-state index in [2.05, 4.69) is 55.3 Å². The molecule has 0 aliphatic carbocycles. The van der Waals surface area contributed by atoms with Crippen LogP contribution in [0.25, 0.3) is 0 Å². The summed E-state index contributed by atoms with van der Waals surface area (Å²) in [4.78, 5) is 32.6. The Morgan fingerprint density at radius 2 is 0.746 bits per heavy atom. The van der Waals surface area contributed by atoms with E-state index in [4.69, 9.17) is 9.47 Å². The molecule has 0 aliphatic heterocycles. The highest BCUT2D eigenvalue weighted by atomic mass is 16.5. The van der Waals surface area contributed by atoms with Crippen molar-refractivity contribution in [1.29, 1.82) is 0 Å². The van der Waals surface area contributed by atoms with E-state index in [1.165, 1.54) is 270 Å². The van der Waals surface area contributed by atoms with Gasteiger partial charge in [-0.3, -0.25) is 9.59 Å². The predicted octanol–water partition coefficient (Wildman–Crippen LogP) is 19.9. The second-order valence-electron chi connectivity index (χ2n) is 22.5. The van der Waals surface area contributed by atoms with Crippen LogP contribution in [0.2, 0.25) is 0 Å². The molecule has 0 saturated heterocycles. The van der Waals surface area contributed by atoms with Crippen molar-refractivity contribution in [2.75, 3.05) is 26.3 Å². The van der Waals surface area contributed by atoms with Crippen molar-refractivity contribution >= 4 is 11.9 Å². The van der Waals surface area contributed by atoms with E-state index in [-0.39, 0.29) is 11.9 Å². The minimum Gasteiger partial charge on any atom is -0.465 e. The van der Waals surface area contributed by atoms with E-state index in [9.17, 15) is 9.59 Å². The summed E-state index contributed by atoms with van der Waals surface area (Å²) in [5.74, 6) is 1.13. The number of imidazole rings is 1. The maximum absolute atomic E-state index is 12.7. The molecule has 0 N–H and O–H groups in total. The average Bonchev–Trinajstić information content (AvgIpc) is 3.91. The van der Waals surface area contributed by atoms with Gasteiger partial charge in [-0.2, -0.15) is 0 Å². The lowest BCUT2D eigenvalue weighted by molar-refractivity contribution is -0.146. The molecule has 7 heteroatoms. The molecule has 0 amide bonds. The van der Waals surface area contributed by atoms with Gasteiger partial charge < -0.3 is 18.9 Å². The highest BCUT2D eigenvalue weighted by Gasteiger charge is 2.19. The number of unbranched alkanes of at least 4 members (excludes halogenated alkanes) is 30. The first-order valence-electron chi connectivity index (χ1n) is 32.0. The van der Waals surface area contributed by atoms with Crippen molar-refractivity contribution in [3.05, 3.63) is 18.7 Å². The Balaban J connectivity index is 2.65. The monoisotopic (exact) mass is 998 g/mol. The van der Waals surface area contributed by atoms with Crippen LogP contribution in [0.3, 0.4) is 0 Å². The SMILES string of the molecule is CCCCCCCCCCCCCCN(CCCCn1ccnc1)C(CCCCCCCCC(=O)OCC(CCCC)CCCCCC)CCCCCCCCC(=O)OCC(CCCC)CCCCCC. The number of ether oxygens (including phenoxy) is 2. The molecular weight excluding hydrogens is 875 g/mol. The lowest BCUT2D eigenvalue weighted by Gasteiger charge is -2.32. The molecule has 2 atom stereocenters. The zero-order valence-corrected chi connectivity index (χ0v) is 48.5. The fourth-order valence-corrected chi connectivity index (χ4v) is 10.8. The molecule has 7 nitrogen and oxygen atoms in total. The summed E-state index contributed by atoms with van der Waals surface area (Å²) in [7, 11) is 0. The van der Waals surface area contributed by atoms with Gasteiger partial charge in [0.05, 0.1) is 19.5 Å². The van der Waals surface area contributed by atoms with Crippen LogP contribution in [-0.2, 0) is 25.6 Å². The number of hydrogen-bond acceptors (Lipinski definition) is 6. The third-order valence-corrected chi connectivity index (χ3v) is 15.6. The smallest absolute Gasteiger partial charge is 0.305 e. The summed E-state index contributed by atoms with van der Waals surface area (Å²) >= 11 is 0. The molecule has 0 aliphatic rings. The van der Waals surface area contributed by atoms with Gasteiger partial charge in [0.15, 0.2) is 0 Å². The second kappa shape index (κ2) is 53.0. The molecule has 0 saturated carbocycles. The number of esters is 2. The number of aromatic nitrogens is 2. The molecule has 418 valence electrons. The molecule has 0 radical (unpaired) electrons. The first-order chi connectivity index (χ1) is 35.0. The Kier molecular flexibility index (Phi) is 50.1. The van der Waals surface area contributed by atoms with Crippen LogP contribution in [0.4, 0.5) is 0 Å². The average molecular weight is 999 g/mol. The van der Waals surface area contributed by atoms with Gasteiger partial charge >= 0.3 is 11.9 Å². The van der Waals surface area contributed by atoms with Gasteiger partial charge in [-0.15, -0.1) is 0 Å². The Labute approximate surface area is 443 Å². The third kappa shape index (κ3) is 44.2. The largest absolute Gasteiger partial charge is 0.465 e. The van der Waals surface area contributed by atoms with Gasteiger partial charge in [-0.25, -0.2) is 4.98 Å². The van der Waals surface area contributed by atoms with E-state index >= 15 is 0 Å². The van der Waals surface area contributed by atoms with Crippen LogP contribution in [-0.4, -0.2) is 58.7 Å². The molecule has 1 rings (SSSR count). The highest BCUT2D eigenvalue weighted by Crippen LogP contribution is 2.23. The van der Waals surface area contributed by atoms with Crippen molar-refractivity contribution in [3.8, 4) is 0 Å². The topological polar surface area (TPSA) is 73.7 Å². The van der Waals surface area contributed by atoms with Crippen molar-refractivity contribution in [2.45, 2.75) is 343 Å². The lowest BCUT2D eigenvalue weighted by atomic mass is 9.96. The molecule has 1 heterocycles. The summed E-state index contributed by atoms with van der Waals surface area (Å²) in [6.07, 6.45) is 63.4. The normalized spacial score (nSPS) is 13.0. The number of carbonyl (C=O) groups is 2. The molecule has 1 aromatic heterocycles. The number of hydrogen-bond donors (Lipinski definition) is 0. The van der Waals surface area contributed by atoms with Crippen LogP contribution in [0.1, 0.15) is 330 Å². The van der Waals surface area contributed by atoms with Gasteiger partial charge in [0.1, 0.15) is 0 Å². The Bertz CT molecular complexity index is 1170. The van der Waals surface area contributed by atoms with E-state index in [0.29, 0.717) is 43.9 Å². The van der Waals surface area contributed by atoms with Crippen molar-refractivity contribution in [2.24, 2.45) is 11.8 Å². The molecule has 71 heavy (non-hydrogen) atoms. The van der Waals surface area contributed by atoms with Crippen molar-refractivity contribution in [1.82, 2.24) is 14.5 Å². The first kappa shape index (κ1) is 67.1. The molecule has 0 aromatic carbocycles. The number of aryl methyl sites for hydroxylation is 1. The number of carbonyl (C=O) groups excluding carboxylic acids is 2. The molecule has 0 bridgehead atoms. The summed E-state index contributed by atoms with van der Waals surface area (Å²) in [6.45, 7) is 16.1. The Hall–Kier alpha value is -1.89. The van der Waals surface area contributed by atoms with Gasteiger partial charge in [-0.1, -0.05) is 247 Å². The van der Waals surface area contributed by atoms with Gasteiger partial charge in [-0.05, 0) is 95.6 Å². The summed E-state index contributed by atoms with van der Waals surface area (Å²) in [6, 6.07) is 0.668. The van der Waals surface area contributed by atoms with Crippen LogP contribution < -0.4 is 0 Å². The zero-order chi connectivity index (χ0) is 51.3. The second-order valence-corrected chi connectivity index (χ2v) is 22.5. The summed E-state index contributed by atoms with van der Waals surface area (Å²) < 4.78 is 13.9. The fraction of sp³-hybridized carbons (Fsp3) is 0.922. The lowest BCUT2D eigenvalue weighted by Crippen LogP contribution is -2.37. The van der Waals surface area contributed by atoms with Crippen molar-refractivity contribution < 1.29 is 19.1 Å². The standard InChI is InChI=1S/C64H123N3O4/c1-6-11-16-19-20-21-22-23-24-29-34-41-54-67(55-43-42-53-66-56-52-65-59-66)62(48-37-30-25-27-32-39-50-63(68)70-57-60(44-14-9-4)46-35-17-12-7-2)49-38-31-26-28-33-40-51-64(69)71-58-61(45-15-10-5)47-36-18-13-8-3/h52,56,59-62H,6-51,53-55,57-58H2,1-5H3. The number of nitrogens with zero attached hydrogens (tertiary/aromatic N) is 3. The quantitative estimate of drug-likeness (QED) is 0.0478. The van der Waals surface area contributed by atoms with Gasteiger partial charge in [0, 0.05) is 37.8 Å². The summed E-state index contributed by atoms with van der Waals surface area (Å²) in [5, 5.41) is 0. The van der Waals surface area contributed by atoms with Crippen LogP contribution >= 0.6 is 0 Å². The maximum atomic E-state index is 12.7. The first-order valence-corrected chi connectivity index (χ1v) is 32.0. The Morgan fingerprint density at radius 3 is 1.15 bits per heavy atom. The molecule has 2 unspecified atom stereocenters. The minimum atomic E-state index is 0.0238. The molecule has 0 fully saturated rings. The predicted molar refractivity (Wildman–Crippen MR) is 307 cm³/mol. The van der Waals surface area contributed by atoms with E-state index in [0.717, 1.165) is 32.2 Å². The fourth-order valence-electron chi connectivity index (χ4n) is 10.8. The van der Waals surface area contributed by atoms with E-state index in [1.54, 1.807) is 0 Å². The zero-order valence-electron chi connectivity index (χ0n) is 48.5. The van der Waals surface area contributed by atoms with Crippen molar-refractivity contribution in [3.63, 3.8) is 0 Å². The molecule has 0 spiro atoms. The van der Waals surface area contributed by atoms with Gasteiger partial charge in [0.25, 0.3) is 0 Å². The minimum absolute atomic E-state index is 0.0238. The van der Waals surface area contributed by atoms with E-state index in [1.807, 2.05) is 12.5 Å². The number of rotatable bonds is 57. The van der Waals surface area contributed by atoms with Crippen LogP contribution in [0, 0.1) is 11.8 Å².